The van der Waals surface area contributed by atoms with E-state index in [1.807, 2.05) is 68.4 Å². The highest BCUT2D eigenvalue weighted by Crippen LogP contribution is 2.33. The number of rotatable bonds is 8. The van der Waals surface area contributed by atoms with Crippen molar-refractivity contribution in [2.24, 2.45) is 0 Å². The molecule has 0 saturated heterocycles. The topological polar surface area (TPSA) is 151 Å². The number of nitrogens with zero attached hydrogens (tertiary/aromatic N) is 5. The fourth-order valence-electron chi connectivity index (χ4n) is 4.62. The summed E-state index contributed by atoms with van der Waals surface area (Å²) in [4.78, 5) is 13.5. The Kier molecular flexibility index (Phi) is 6.72. The molecule has 12 heteroatoms. The lowest BCUT2D eigenvalue weighted by Crippen LogP contribution is -2.28. The van der Waals surface area contributed by atoms with E-state index in [9.17, 15) is 10.1 Å². The quantitative estimate of drug-likeness (QED) is 0.216. The summed E-state index contributed by atoms with van der Waals surface area (Å²) in [5.74, 6) is 1.15. The predicted molar refractivity (Wildman–Crippen MR) is 150 cm³/mol. The zero-order valence-corrected chi connectivity index (χ0v) is 21.8. The van der Waals surface area contributed by atoms with Crippen LogP contribution >= 0.6 is 0 Å². The summed E-state index contributed by atoms with van der Waals surface area (Å²) >= 11 is 0. The van der Waals surface area contributed by atoms with Crippen LogP contribution in [0.5, 0.6) is 0 Å². The molecule has 6 rings (SSSR count). The second kappa shape index (κ2) is 10.5. The molecule has 2 aromatic carbocycles. The Morgan fingerprint density at radius 1 is 0.975 bits per heavy atom. The highest BCUT2D eigenvalue weighted by Gasteiger charge is 2.40. The molecule has 0 fully saturated rings. The summed E-state index contributed by atoms with van der Waals surface area (Å²) in [5, 5.41) is 35.3. The minimum absolute atomic E-state index is 0.179. The molecule has 0 aliphatic carbocycles. The highest BCUT2D eigenvalue weighted by molar-refractivity contribution is 6.62. The van der Waals surface area contributed by atoms with Gasteiger partial charge in [0.1, 0.15) is 11.5 Å². The molecule has 1 atom stereocenters. The molecule has 11 nitrogen and oxygen atoms in total. The largest absolute Gasteiger partial charge is 0.492 e. The fourth-order valence-corrected chi connectivity index (χ4v) is 4.62. The van der Waals surface area contributed by atoms with Gasteiger partial charge in [-0.3, -0.25) is 4.98 Å². The molecule has 3 aromatic heterocycles. The van der Waals surface area contributed by atoms with Gasteiger partial charge in [-0.05, 0) is 54.7 Å². The molecule has 5 aromatic rings. The van der Waals surface area contributed by atoms with E-state index in [1.54, 1.807) is 24.5 Å². The Balaban J connectivity index is 1.36. The first-order chi connectivity index (χ1) is 19.4. The smallest absolute Gasteiger partial charge is 0.423 e. The molecule has 4 N–H and O–H groups in total. The first kappa shape index (κ1) is 25.6. The maximum Gasteiger partial charge on any atom is 0.492 e. The van der Waals surface area contributed by atoms with Crippen LogP contribution in [-0.2, 0) is 10.3 Å². The molecule has 1 aliphatic heterocycles. The molecule has 40 heavy (non-hydrogen) atoms. The normalized spacial score (nSPS) is 14.6. The molecule has 0 spiro atoms. The molecule has 0 unspecified atom stereocenters. The van der Waals surface area contributed by atoms with Crippen molar-refractivity contribution in [2.75, 3.05) is 17.2 Å². The third-order valence-corrected chi connectivity index (χ3v) is 6.65. The Hall–Kier alpha value is -4.65. The van der Waals surface area contributed by atoms with Crippen LogP contribution < -0.4 is 16.1 Å². The van der Waals surface area contributed by atoms with Crippen molar-refractivity contribution < 1.29 is 19.2 Å². The molecule has 0 radical (unpaired) electrons. The number of benzene rings is 2. The average molecular weight is 535 g/mol. The standard InChI is InChI=1S/C28H26BN7O4/c1-28(2)20-14-18(11-12-21(20)29(38)40-28)32-27-31-15-19(25-35-36-26(39-25)22-10-6-7-13-30-22)24(34-27)33-23(16-37)17-8-4-3-5-9-17/h3-15,23,37-38H,16H2,1-2H3,(H2,31,32,33,34)/t23-/m1/s1. The van der Waals surface area contributed by atoms with Crippen LogP contribution in [0.2, 0.25) is 0 Å². The molecule has 0 bridgehead atoms. The van der Waals surface area contributed by atoms with Gasteiger partial charge in [-0.15, -0.1) is 10.2 Å². The maximum absolute atomic E-state index is 10.2. The summed E-state index contributed by atoms with van der Waals surface area (Å²) in [6, 6.07) is 20.1. The van der Waals surface area contributed by atoms with Gasteiger partial charge in [0.25, 0.3) is 11.8 Å². The number of hydrogen-bond acceptors (Lipinski definition) is 11. The lowest BCUT2D eigenvalue weighted by molar-refractivity contribution is 0.101. The number of aliphatic hydroxyl groups is 1. The first-order valence-electron chi connectivity index (χ1n) is 12.7. The number of aliphatic hydroxyl groups excluding tert-OH is 1. The van der Waals surface area contributed by atoms with Crippen LogP contribution in [0.25, 0.3) is 23.0 Å². The Morgan fingerprint density at radius 3 is 2.55 bits per heavy atom. The number of anilines is 3. The summed E-state index contributed by atoms with van der Waals surface area (Å²) in [6.45, 7) is 3.63. The van der Waals surface area contributed by atoms with E-state index in [-0.39, 0.29) is 18.4 Å². The van der Waals surface area contributed by atoms with Crippen molar-refractivity contribution in [1.29, 1.82) is 0 Å². The van der Waals surface area contributed by atoms with E-state index >= 15 is 0 Å². The zero-order chi connectivity index (χ0) is 27.7. The Bertz CT molecular complexity index is 1630. The molecule has 1 aliphatic rings. The molecular formula is C28H26BN7O4. The van der Waals surface area contributed by atoms with E-state index in [0.29, 0.717) is 23.0 Å². The fraction of sp³-hybridized carbons (Fsp3) is 0.179. The SMILES string of the molecule is CC1(C)OB(O)c2ccc(Nc3ncc(-c4nnc(-c5ccccn5)o4)c(N[C@H](CO)c4ccccc4)n3)cc21. The van der Waals surface area contributed by atoms with Crippen molar-refractivity contribution in [3.63, 3.8) is 0 Å². The van der Waals surface area contributed by atoms with Crippen LogP contribution in [0.4, 0.5) is 17.5 Å². The van der Waals surface area contributed by atoms with Crippen molar-refractivity contribution in [1.82, 2.24) is 25.1 Å². The van der Waals surface area contributed by atoms with Gasteiger partial charge < -0.3 is 29.8 Å². The second-order valence-electron chi connectivity index (χ2n) is 9.78. The second-order valence-corrected chi connectivity index (χ2v) is 9.78. The third-order valence-electron chi connectivity index (χ3n) is 6.65. The minimum atomic E-state index is -0.968. The van der Waals surface area contributed by atoms with Gasteiger partial charge in [0, 0.05) is 18.1 Å². The Labute approximate surface area is 230 Å². The molecule has 0 amide bonds. The van der Waals surface area contributed by atoms with E-state index in [1.165, 1.54) is 0 Å². The van der Waals surface area contributed by atoms with Gasteiger partial charge in [-0.1, -0.05) is 42.5 Å². The minimum Gasteiger partial charge on any atom is -0.423 e. The van der Waals surface area contributed by atoms with Gasteiger partial charge in [0.2, 0.25) is 5.95 Å². The van der Waals surface area contributed by atoms with Gasteiger partial charge in [-0.25, -0.2) is 4.98 Å². The average Bonchev–Trinajstić information content (AvgIpc) is 3.55. The summed E-state index contributed by atoms with van der Waals surface area (Å²) in [7, 11) is -0.968. The lowest BCUT2D eigenvalue weighted by Gasteiger charge is -2.21. The zero-order valence-electron chi connectivity index (χ0n) is 21.8. The van der Waals surface area contributed by atoms with E-state index < -0.39 is 18.8 Å². The van der Waals surface area contributed by atoms with Crippen molar-refractivity contribution in [3.8, 4) is 23.0 Å². The van der Waals surface area contributed by atoms with E-state index in [0.717, 1.165) is 22.3 Å². The number of fused-ring (bicyclic) bond motifs is 1. The van der Waals surface area contributed by atoms with Gasteiger partial charge >= 0.3 is 7.12 Å². The van der Waals surface area contributed by atoms with Crippen molar-refractivity contribution in [3.05, 3.63) is 90.3 Å². The van der Waals surface area contributed by atoms with Crippen LogP contribution in [0.1, 0.15) is 31.0 Å². The van der Waals surface area contributed by atoms with Crippen LogP contribution in [-0.4, -0.2) is 49.0 Å². The molecule has 4 heterocycles. The third kappa shape index (κ3) is 5.03. The van der Waals surface area contributed by atoms with E-state index in [4.69, 9.17) is 14.1 Å². The predicted octanol–water partition coefficient (Wildman–Crippen LogP) is 3.43. The lowest BCUT2D eigenvalue weighted by atomic mass is 9.78. The number of pyridine rings is 1. The molecule has 0 saturated carbocycles. The monoisotopic (exact) mass is 535 g/mol. The van der Waals surface area contributed by atoms with Crippen LogP contribution in [0.15, 0.2) is 83.5 Å². The van der Waals surface area contributed by atoms with Crippen LogP contribution in [0.3, 0.4) is 0 Å². The summed E-state index contributed by atoms with van der Waals surface area (Å²) < 4.78 is 11.6. The number of nitrogens with one attached hydrogen (secondary N) is 2. The highest BCUT2D eigenvalue weighted by atomic mass is 16.5. The van der Waals surface area contributed by atoms with Crippen molar-refractivity contribution in [2.45, 2.75) is 25.5 Å². The van der Waals surface area contributed by atoms with Gasteiger partial charge in [-0.2, -0.15) is 4.98 Å². The van der Waals surface area contributed by atoms with Crippen molar-refractivity contribution >= 4 is 30.0 Å². The Morgan fingerprint density at radius 2 is 1.77 bits per heavy atom. The number of hydrogen-bond donors (Lipinski definition) is 4. The van der Waals surface area contributed by atoms with Crippen LogP contribution in [0, 0.1) is 0 Å². The maximum atomic E-state index is 10.2. The molecule has 200 valence electrons. The molecular weight excluding hydrogens is 509 g/mol. The summed E-state index contributed by atoms with van der Waals surface area (Å²) in [6.07, 6.45) is 3.23. The van der Waals surface area contributed by atoms with Gasteiger partial charge in [0.05, 0.1) is 23.8 Å². The van der Waals surface area contributed by atoms with E-state index in [2.05, 4.69) is 30.8 Å². The van der Waals surface area contributed by atoms with Gasteiger partial charge in [0.15, 0.2) is 0 Å². The first-order valence-corrected chi connectivity index (χ1v) is 12.7. The summed E-state index contributed by atoms with van der Waals surface area (Å²) in [5.41, 5.74) is 3.56. The number of aromatic nitrogens is 5.